The maximum absolute atomic E-state index is 6.96. The van der Waals surface area contributed by atoms with Crippen molar-refractivity contribution in [2.45, 2.75) is 36.3 Å². The first-order chi connectivity index (χ1) is 40.7. The lowest BCUT2D eigenvalue weighted by atomic mass is 9.73. The molecule has 0 heterocycles. The van der Waals surface area contributed by atoms with Crippen LogP contribution in [0.3, 0.4) is 0 Å². The van der Waals surface area contributed by atoms with Crippen molar-refractivity contribution in [2.75, 3.05) is 0 Å². The van der Waals surface area contributed by atoms with Crippen LogP contribution < -0.4 is 18.9 Å². The molecule has 0 bridgehead atoms. The monoisotopic (exact) mass is 1060 g/mol. The summed E-state index contributed by atoms with van der Waals surface area (Å²) < 4.78 is 27.8. The van der Waals surface area contributed by atoms with Crippen molar-refractivity contribution in [1.29, 1.82) is 0 Å². The minimum absolute atomic E-state index is 0.192. The van der Waals surface area contributed by atoms with Crippen LogP contribution in [0.2, 0.25) is 0 Å². The van der Waals surface area contributed by atoms with Gasteiger partial charge in [-0.1, -0.05) is 291 Å². The number of ether oxygens (including phenoxy) is 4. The van der Waals surface area contributed by atoms with Crippen LogP contribution in [0.25, 0.3) is 0 Å². The van der Waals surface area contributed by atoms with Crippen molar-refractivity contribution in [3.8, 4) is 23.0 Å². The van der Waals surface area contributed by atoms with E-state index in [1.54, 1.807) is 0 Å². The van der Waals surface area contributed by atoms with Gasteiger partial charge in [-0.25, -0.2) is 0 Å². The molecule has 0 fully saturated rings. The molecule has 0 saturated carbocycles. The van der Waals surface area contributed by atoms with Crippen LogP contribution in [0.15, 0.2) is 340 Å². The Morgan fingerprint density at radius 2 is 0.268 bits per heavy atom. The summed E-state index contributed by atoms with van der Waals surface area (Å²) in [6.45, 7) is 0. The molecule has 0 saturated heterocycles. The molecule has 0 atom stereocenters. The lowest BCUT2D eigenvalue weighted by molar-refractivity contribution is 0.247. The standard InChI is InChI=1S/C78H62O4/c1-9-25-61(26-10-1)75(62-27-11-2-12-28-62)79-69-49-41-57(42-50-69)73(58-43-51-70(52-44-58)80-76(63-29-13-3-14-30-63)64-31-15-4-16-32-64)74(59-45-53-71(54-46-59)81-77(65-33-17-5-18-34-65)66-35-19-6-20-36-66)60-47-55-72(56-48-60)82-78(67-37-21-7-22-38-67)68-39-23-8-24-40-68/h1-56,73-78H. The molecule has 12 aromatic carbocycles. The third kappa shape index (κ3) is 12.6. The predicted octanol–water partition coefficient (Wildman–Crippen LogP) is 19.3. The largest absolute Gasteiger partial charge is 0.481 e. The molecular weight excluding hydrogens is 1000 g/mol. The zero-order valence-corrected chi connectivity index (χ0v) is 45.4. The Balaban J connectivity index is 0.955. The van der Waals surface area contributed by atoms with Gasteiger partial charge in [0.05, 0.1) is 0 Å². The summed E-state index contributed by atoms with van der Waals surface area (Å²) in [4.78, 5) is 0. The van der Waals surface area contributed by atoms with Gasteiger partial charge in [-0.3, -0.25) is 0 Å². The number of rotatable bonds is 21. The van der Waals surface area contributed by atoms with E-state index in [4.69, 9.17) is 18.9 Å². The maximum Gasteiger partial charge on any atom is 0.149 e. The van der Waals surface area contributed by atoms with Crippen LogP contribution in [0.4, 0.5) is 0 Å². The Morgan fingerprint density at radius 3 is 0.402 bits per heavy atom. The van der Waals surface area contributed by atoms with E-state index >= 15 is 0 Å². The van der Waals surface area contributed by atoms with Gasteiger partial charge >= 0.3 is 0 Å². The second-order valence-corrected chi connectivity index (χ2v) is 20.5. The van der Waals surface area contributed by atoms with Crippen LogP contribution >= 0.6 is 0 Å². The summed E-state index contributed by atoms with van der Waals surface area (Å²) in [6.07, 6.45) is -1.19. The van der Waals surface area contributed by atoms with E-state index < -0.39 is 0 Å². The quantitative estimate of drug-likeness (QED) is 0.0719. The third-order valence-electron chi connectivity index (χ3n) is 15.1. The van der Waals surface area contributed by atoms with Gasteiger partial charge in [-0.15, -0.1) is 0 Å². The van der Waals surface area contributed by atoms with E-state index in [1.165, 1.54) is 0 Å². The molecule has 0 aromatic heterocycles. The fraction of sp³-hybridized carbons (Fsp3) is 0.0769. The number of hydrogen-bond acceptors (Lipinski definition) is 4. The first-order valence-electron chi connectivity index (χ1n) is 28.1. The van der Waals surface area contributed by atoms with Gasteiger partial charge in [0.2, 0.25) is 0 Å². The lowest BCUT2D eigenvalue weighted by Crippen LogP contribution is -2.16. The molecule has 12 aromatic rings. The van der Waals surface area contributed by atoms with Crippen molar-refractivity contribution in [3.63, 3.8) is 0 Å². The molecule has 0 spiro atoms. The molecule has 4 nitrogen and oxygen atoms in total. The Bertz CT molecular complexity index is 3140. The highest BCUT2D eigenvalue weighted by atomic mass is 16.5. The minimum Gasteiger partial charge on any atom is -0.481 e. The molecule has 4 heteroatoms. The summed E-state index contributed by atoms with van der Waals surface area (Å²) in [5.41, 5.74) is 13.1. The fourth-order valence-electron chi connectivity index (χ4n) is 11.1. The van der Waals surface area contributed by atoms with Gasteiger partial charge in [-0.2, -0.15) is 0 Å². The van der Waals surface area contributed by atoms with Crippen LogP contribution in [-0.4, -0.2) is 0 Å². The van der Waals surface area contributed by atoms with Gasteiger partial charge in [0.1, 0.15) is 47.4 Å². The van der Waals surface area contributed by atoms with Gasteiger partial charge in [0.15, 0.2) is 0 Å². The Morgan fingerprint density at radius 1 is 0.134 bits per heavy atom. The summed E-state index contributed by atoms with van der Waals surface area (Å²) in [5, 5.41) is 0. The highest BCUT2D eigenvalue weighted by molar-refractivity contribution is 5.50. The average Bonchev–Trinajstić information content (AvgIpc) is 3.63. The van der Waals surface area contributed by atoms with Crippen molar-refractivity contribution in [3.05, 3.63) is 406 Å². The molecule has 0 amide bonds. The van der Waals surface area contributed by atoms with E-state index in [1.807, 2.05) is 48.5 Å². The van der Waals surface area contributed by atoms with E-state index in [0.29, 0.717) is 0 Å². The number of benzene rings is 12. The van der Waals surface area contributed by atoms with Crippen molar-refractivity contribution in [1.82, 2.24) is 0 Å². The van der Waals surface area contributed by atoms with E-state index in [2.05, 4.69) is 291 Å². The summed E-state index contributed by atoms with van der Waals surface area (Å²) in [6, 6.07) is 118. The minimum atomic E-state index is -0.298. The molecule has 0 radical (unpaired) electrons. The highest BCUT2D eigenvalue weighted by Gasteiger charge is 2.30. The molecule has 0 unspecified atom stereocenters. The Hall–Kier alpha value is -10.2. The van der Waals surface area contributed by atoms with E-state index in [9.17, 15) is 0 Å². The van der Waals surface area contributed by atoms with Crippen LogP contribution in [0.5, 0.6) is 23.0 Å². The molecular formula is C78H62O4. The molecule has 0 aliphatic rings. The second kappa shape index (κ2) is 25.7. The van der Waals surface area contributed by atoms with Gasteiger partial charge in [0.25, 0.3) is 0 Å². The van der Waals surface area contributed by atoms with E-state index in [-0.39, 0.29) is 36.3 Å². The topological polar surface area (TPSA) is 36.9 Å². The van der Waals surface area contributed by atoms with Gasteiger partial charge in [-0.05, 0) is 115 Å². The highest BCUT2D eigenvalue weighted by Crippen LogP contribution is 2.46. The lowest BCUT2D eigenvalue weighted by Gasteiger charge is -2.31. The van der Waals surface area contributed by atoms with Crippen molar-refractivity contribution >= 4 is 0 Å². The first kappa shape index (κ1) is 52.5. The summed E-state index contributed by atoms with van der Waals surface area (Å²) in [7, 11) is 0. The summed E-state index contributed by atoms with van der Waals surface area (Å²) in [5.74, 6) is 2.71. The van der Waals surface area contributed by atoms with Crippen LogP contribution in [0, 0.1) is 0 Å². The third-order valence-corrected chi connectivity index (χ3v) is 15.1. The van der Waals surface area contributed by atoms with Crippen LogP contribution in [0.1, 0.15) is 103 Å². The van der Waals surface area contributed by atoms with Gasteiger partial charge in [0, 0.05) is 11.8 Å². The van der Waals surface area contributed by atoms with Gasteiger partial charge < -0.3 is 18.9 Å². The fourth-order valence-corrected chi connectivity index (χ4v) is 11.1. The molecule has 0 aliphatic carbocycles. The molecule has 0 N–H and O–H groups in total. The molecule has 82 heavy (non-hydrogen) atoms. The first-order valence-corrected chi connectivity index (χ1v) is 28.1. The average molecular weight is 1060 g/mol. The summed E-state index contributed by atoms with van der Waals surface area (Å²) >= 11 is 0. The predicted molar refractivity (Wildman–Crippen MR) is 331 cm³/mol. The van der Waals surface area contributed by atoms with Crippen LogP contribution in [-0.2, 0) is 0 Å². The molecule has 0 aliphatic heterocycles. The Labute approximate surface area is 482 Å². The zero-order valence-electron chi connectivity index (χ0n) is 45.4. The second-order valence-electron chi connectivity index (χ2n) is 20.5. The van der Waals surface area contributed by atoms with E-state index in [0.717, 1.165) is 89.8 Å². The normalized spacial score (nSPS) is 11.3. The Kier molecular flexibility index (Phi) is 16.5. The SMILES string of the molecule is c1ccc(C(Oc2ccc(C(c3ccc(OC(c4ccccc4)c4ccccc4)cc3)C(c3ccc(OC(c4ccccc4)c4ccccc4)cc3)c3ccc(OC(c4ccccc4)c4ccccc4)cc3)cc2)c2ccccc2)cc1. The van der Waals surface area contributed by atoms with Crippen molar-refractivity contribution in [2.24, 2.45) is 0 Å². The smallest absolute Gasteiger partial charge is 0.149 e. The molecule has 12 rings (SSSR count). The molecule has 398 valence electrons. The maximum atomic E-state index is 6.96. The number of hydrogen-bond donors (Lipinski definition) is 0. The zero-order chi connectivity index (χ0) is 55.1. The van der Waals surface area contributed by atoms with Crippen molar-refractivity contribution < 1.29 is 18.9 Å².